The molecule has 0 bridgehead atoms. The van der Waals surface area contributed by atoms with E-state index in [4.69, 9.17) is 0 Å². The van der Waals surface area contributed by atoms with Gasteiger partial charge in [-0.05, 0) is 18.5 Å². The first-order valence-corrected chi connectivity index (χ1v) is 17.4. The fourth-order valence-electron chi connectivity index (χ4n) is 2.55. The maximum absolute atomic E-state index is 3.84. The number of allylic oxidation sites excluding steroid dienone is 1. The van der Waals surface area contributed by atoms with Crippen LogP contribution in [0, 0.1) is 0 Å². The molecule has 0 fully saturated rings. The molecule has 0 aromatic heterocycles. The molecule has 0 aliphatic carbocycles. The largest absolute Gasteiger partial charge is 0.132 e. The lowest BCUT2D eigenvalue weighted by Gasteiger charge is -2.29. The smallest absolute Gasteiger partial charge is 0.0773 e. The molecule has 0 N–H and O–H groups in total. The predicted octanol–water partition coefficient (Wildman–Crippen LogP) is 5.55. The molecule has 0 saturated heterocycles. The minimum atomic E-state index is -1.20. The Morgan fingerprint density at radius 1 is 0.765 bits per heavy atom. The molecule has 0 spiro atoms. The van der Waals surface area contributed by atoms with Crippen LogP contribution in [0.2, 0.25) is 65.0 Å². The average molecular weight is 285 g/mol. The lowest BCUT2D eigenvalue weighted by molar-refractivity contribution is 1.32. The second-order valence-electron chi connectivity index (χ2n) is 8.52. The van der Waals surface area contributed by atoms with Gasteiger partial charge in [-0.2, -0.15) is 0 Å². The van der Waals surface area contributed by atoms with Gasteiger partial charge in [-0.25, -0.2) is 0 Å². The standard InChI is InChI=1S/C14H32Si3/c1-13(12-15(2,3)4)11-14(16(5,6)7)17(8,9)10/h12H2,1-10H3. The summed E-state index contributed by atoms with van der Waals surface area (Å²) in [4.78, 5) is 1.72. The highest BCUT2D eigenvalue weighted by atomic mass is 28.4. The van der Waals surface area contributed by atoms with Crippen molar-refractivity contribution in [2.75, 3.05) is 0 Å². The highest BCUT2D eigenvalue weighted by Crippen LogP contribution is 2.26. The van der Waals surface area contributed by atoms with Crippen molar-refractivity contribution < 1.29 is 0 Å². The molecule has 0 atom stereocenters. The van der Waals surface area contributed by atoms with E-state index >= 15 is 0 Å². The number of rotatable bonds is 4. The predicted molar refractivity (Wildman–Crippen MR) is 91.1 cm³/mol. The summed E-state index contributed by atoms with van der Waals surface area (Å²) >= 11 is 0. The summed E-state index contributed by atoms with van der Waals surface area (Å²) in [6.45, 7) is 24.4. The Hall–Kier alpha value is 0.171. The van der Waals surface area contributed by atoms with Gasteiger partial charge in [-0.15, -0.1) is 5.73 Å². The van der Waals surface area contributed by atoms with E-state index in [1.54, 1.807) is 4.82 Å². The van der Waals surface area contributed by atoms with Crippen LogP contribution in [0.1, 0.15) is 6.92 Å². The van der Waals surface area contributed by atoms with Crippen molar-refractivity contribution >= 4 is 24.2 Å². The molecule has 0 aromatic carbocycles. The molecular weight excluding hydrogens is 252 g/mol. The molecule has 0 amide bonds. The van der Waals surface area contributed by atoms with E-state index < -0.39 is 24.2 Å². The summed E-state index contributed by atoms with van der Waals surface area (Å²) in [6, 6.07) is 1.30. The van der Waals surface area contributed by atoms with Crippen LogP contribution in [-0.2, 0) is 0 Å². The zero-order valence-electron chi connectivity index (χ0n) is 13.7. The summed E-state index contributed by atoms with van der Waals surface area (Å²) in [5.74, 6) is 0. The van der Waals surface area contributed by atoms with Crippen molar-refractivity contribution in [2.45, 2.75) is 71.9 Å². The monoisotopic (exact) mass is 284 g/mol. The molecule has 0 heterocycles. The van der Waals surface area contributed by atoms with Crippen LogP contribution in [0.5, 0.6) is 0 Å². The number of hydrogen-bond donors (Lipinski definition) is 0. The van der Waals surface area contributed by atoms with Crippen molar-refractivity contribution in [1.82, 2.24) is 0 Å². The van der Waals surface area contributed by atoms with E-state index in [0.717, 1.165) is 0 Å². The van der Waals surface area contributed by atoms with Crippen LogP contribution in [0.3, 0.4) is 0 Å². The maximum atomic E-state index is 3.84. The Morgan fingerprint density at radius 2 is 1.12 bits per heavy atom. The molecule has 0 radical (unpaired) electrons. The third kappa shape index (κ3) is 7.25. The molecule has 0 rings (SSSR count). The van der Waals surface area contributed by atoms with Gasteiger partial charge in [-0.3, -0.25) is 0 Å². The molecule has 0 aromatic rings. The van der Waals surface area contributed by atoms with Crippen LogP contribution in [0.25, 0.3) is 0 Å². The van der Waals surface area contributed by atoms with E-state index in [9.17, 15) is 0 Å². The second-order valence-corrected chi connectivity index (χ2v) is 24.5. The van der Waals surface area contributed by atoms with Gasteiger partial charge < -0.3 is 0 Å². The van der Waals surface area contributed by atoms with Crippen molar-refractivity contribution in [3.05, 3.63) is 16.1 Å². The van der Waals surface area contributed by atoms with Gasteiger partial charge >= 0.3 is 0 Å². The Bertz CT molecular complexity index is 310. The topological polar surface area (TPSA) is 0 Å². The lowest BCUT2D eigenvalue weighted by Crippen LogP contribution is -2.39. The highest BCUT2D eigenvalue weighted by molar-refractivity contribution is 7.04. The van der Waals surface area contributed by atoms with Gasteiger partial charge in [0.25, 0.3) is 0 Å². The van der Waals surface area contributed by atoms with Crippen LogP contribution < -0.4 is 0 Å². The number of hydrogen-bond acceptors (Lipinski definition) is 0. The van der Waals surface area contributed by atoms with E-state index in [0.29, 0.717) is 0 Å². The van der Waals surface area contributed by atoms with Crippen molar-refractivity contribution in [3.8, 4) is 0 Å². The molecule has 0 unspecified atom stereocenters. The Balaban J connectivity index is 5.55. The SMILES string of the molecule is CC(=C=C([Si](C)(C)C)[Si](C)(C)C)C[Si](C)(C)C. The van der Waals surface area contributed by atoms with Gasteiger partial charge in [0.2, 0.25) is 0 Å². The van der Waals surface area contributed by atoms with Crippen molar-refractivity contribution in [3.63, 3.8) is 0 Å². The van der Waals surface area contributed by atoms with Gasteiger partial charge in [0.05, 0.1) is 16.1 Å². The van der Waals surface area contributed by atoms with E-state index in [1.165, 1.54) is 11.6 Å². The van der Waals surface area contributed by atoms with Crippen LogP contribution >= 0.6 is 0 Å². The summed E-state index contributed by atoms with van der Waals surface area (Å²) in [5, 5.41) is 0. The molecule has 0 saturated carbocycles. The molecule has 0 nitrogen and oxygen atoms in total. The quantitative estimate of drug-likeness (QED) is 0.469. The normalized spacial score (nSPS) is 13.3. The Kier molecular flexibility index (Phi) is 5.49. The van der Waals surface area contributed by atoms with Gasteiger partial charge in [-0.1, -0.05) is 63.7 Å². The lowest BCUT2D eigenvalue weighted by atomic mass is 10.4. The zero-order valence-corrected chi connectivity index (χ0v) is 16.7. The molecule has 0 aliphatic rings. The fraction of sp³-hybridized carbons (Fsp3) is 0.786. The Labute approximate surface area is 112 Å². The van der Waals surface area contributed by atoms with Crippen LogP contribution in [0.15, 0.2) is 16.1 Å². The van der Waals surface area contributed by atoms with Gasteiger partial charge in [0, 0.05) is 8.07 Å². The van der Waals surface area contributed by atoms with Crippen LogP contribution in [-0.4, -0.2) is 24.2 Å². The summed E-state index contributed by atoms with van der Waals surface area (Å²) < 4.78 is 0. The fourth-order valence-corrected chi connectivity index (χ4v) is 14.4. The summed E-state index contributed by atoms with van der Waals surface area (Å²) in [7, 11) is -3.38. The molecule has 100 valence electrons. The summed E-state index contributed by atoms with van der Waals surface area (Å²) in [6.07, 6.45) is 0. The molecule has 0 aliphatic heterocycles. The minimum Gasteiger partial charge on any atom is -0.132 e. The highest BCUT2D eigenvalue weighted by Gasteiger charge is 2.31. The Morgan fingerprint density at radius 3 is 1.35 bits per heavy atom. The summed E-state index contributed by atoms with van der Waals surface area (Å²) in [5.41, 5.74) is 5.35. The van der Waals surface area contributed by atoms with Gasteiger partial charge in [0.15, 0.2) is 0 Å². The van der Waals surface area contributed by atoms with Crippen LogP contribution in [0.4, 0.5) is 0 Å². The molecule has 3 heteroatoms. The van der Waals surface area contributed by atoms with E-state index in [-0.39, 0.29) is 0 Å². The van der Waals surface area contributed by atoms with Crippen molar-refractivity contribution in [2.24, 2.45) is 0 Å². The van der Waals surface area contributed by atoms with Crippen molar-refractivity contribution in [1.29, 1.82) is 0 Å². The maximum Gasteiger partial charge on any atom is 0.0773 e. The first kappa shape index (κ1) is 17.2. The third-order valence-electron chi connectivity index (χ3n) is 2.63. The first-order valence-electron chi connectivity index (χ1n) is 6.71. The minimum absolute atomic E-state index is 0.987. The second kappa shape index (κ2) is 5.43. The third-order valence-corrected chi connectivity index (χ3v) is 12.0. The first-order chi connectivity index (χ1) is 7.23. The average Bonchev–Trinajstić information content (AvgIpc) is 1.91. The van der Waals surface area contributed by atoms with Gasteiger partial charge in [0.1, 0.15) is 0 Å². The van der Waals surface area contributed by atoms with E-state index in [2.05, 4.69) is 71.6 Å². The van der Waals surface area contributed by atoms with E-state index in [1.807, 2.05) is 0 Å². The zero-order chi connectivity index (χ0) is 14.1. The molecular formula is C14H32Si3. The molecule has 17 heavy (non-hydrogen) atoms.